The van der Waals surface area contributed by atoms with Crippen LogP contribution in [-0.2, 0) is 4.79 Å². The van der Waals surface area contributed by atoms with Gasteiger partial charge in [-0.25, -0.2) is 0 Å². The first kappa shape index (κ1) is 14.8. The molecule has 0 saturated heterocycles. The van der Waals surface area contributed by atoms with E-state index in [1.807, 2.05) is 11.8 Å². The van der Waals surface area contributed by atoms with Crippen molar-refractivity contribution in [2.75, 3.05) is 37.8 Å². The Morgan fingerprint density at radius 3 is 2.42 bits per heavy atom. The highest BCUT2D eigenvalue weighted by atomic mass is 16.2. The van der Waals surface area contributed by atoms with Gasteiger partial charge in [-0.1, -0.05) is 0 Å². The second-order valence-corrected chi connectivity index (χ2v) is 4.04. The van der Waals surface area contributed by atoms with Gasteiger partial charge >= 0.3 is 0 Å². The maximum Gasteiger partial charge on any atom is 0.251 e. The molecule has 0 aliphatic rings. The van der Waals surface area contributed by atoms with Gasteiger partial charge in [0, 0.05) is 26.2 Å². The van der Waals surface area contributed by atoms with E-state index in [0.717, 1.165) is 5.69 Å². The molecule has 0 atom stereocenters. The highest BCUT2D eigenvalue weighted by molar-refractivity contribution is 5.96. The van der Waals surface area contributed by atoms with Crippen molar-refractivity contribution in [3.8, 4) is 0 Å². The summed E-state index contributed by atoms with van der Waals surface area (Å²) in [4.78, 5) is 24.8. The maximum absolute atomic E-state index is 11.5. The Kier molecular flexibility index (Phi) is 5.17. The van der Waals surface area contributed by atoms with Crippen LogP contribution in [0.3, 0.4) is 0 Å². The van der Waals surface area contributed by atoms with Crippen LogP contribution in [-0.4, -0.2) is 39.0 Å². The highest BCUT2D eigenvalue weighted by Gasteiger charge is 2.13. The van der Waals surface area contributed by atoms with E-state index in [1.165, 1.54) is 0 Å². The van der Waals surface area contributed by atoms with E-state index in [2.05, 4.69) is 10.6 Å². The molecule has 0 aliphatic heterocycles. The van der Waals surface area contributed by atoms with Crippen LogP contribution < -0.4 is 21.3 Å². The third kappa shape index (κ3) is 3.61. The van der Waals surface area contributed by atoms with Crippen molar-refractivity contribution in [2.24, 2.45) is 0 Å². The molecule has 0 saturated carbocycles. The van der Waals surface area contributed by atoms with Gasteiger partial charge in [-0.15, -0.1) is 0 Å². The second kappa shape index (κ2) is 6.63. The number of hydrogen-bond donors (Lipinski definition) is 3. The molecule has 0 radical (unpaired) electrons. The highest BCUT2D eigenvalue weighted by Crippen LogP contribution is 2.24. The van der Waals surface area contributed by atoms with Crippen molar-refractivity contribution in [1.29, 1.82) is 0 Å². The SMILES string of the molecule is CCN(CC(=O)NC)c1ccc(C(=O)NC)cc1N. The van der Waals surface area contributed by atoms with E-state index in [9.17, 15) is 9.59 Å². The van der Waals surface area contributed by atoms with Gasteiger partial charge in [-0.2, -0.15) is 0 Å². The van der Waals surface area contributed by atoms with Crippen LogP contribution in [0.5, 0.6) is 0 Å². The molecule has 1 rings (SSSR count). The van der Waals surface area contributed by atoms with E-state index in [4.69, 9.17) is 5.73 Å². The van der Waals surface area contributed by atoms with E-state index < -0.39 is 0 Å². The Labute approximate surface area is 113 Å². The number of carbonyl (C=O) groups excluding carboxylic acids is 2. The summed E-state index contributed by atoms with van der Waals surface area (Å²) < 4.78 is 0. The Bertz CT molecular complexity index is 474. The van der Waals surface area contributed by atoms with Gasteiger partial charge in [0.25, 0.3) is 5.91 Å². The summed E-state index contributed by atoms with van der Waals surface area (Å²) in [5.41, 5.74) is 7.68. The molecule has 1 aromatic rings. The van der Waals surface area contributed by atoms with Gasteiger partial charge in [0.2, 0.25) is 5.91 Å². The number of nitrogens with one attached hydrogen (secondary N) is 2. The first-order chi connectivity index (χ1) is 9.03. The normalized spacial score (nSPS) is 9.84. The fourth-order valence-electron chi connectivity index (χ4n) is 1.75. The van der Waals surface area contributed by atoms with E-state index in [1.54, 1.807) is 32.3 Å². The lowest BCUT2D eigenvalue weighted by molar-refractivity contribution is -0.119. The number of carbonyl (C=O) groups is 2. The number of nitrogen functional groups attached to an aromatic ring is 1. The van der Waals surface area contributed by atoms with E-state index in [0.29, 0.717) is 17.8 Å². The molecule has 4 N–H and O–H groups in total. The van der Waals surface area contributed by atoms with Crippen molar-refractivity contribution < 1.29 is 9.59 Å². The van der Waals surface area contributed by atoms with E-state index in [-0.39, 0.29) is 18.4 Å². The molecule has 0 heterocycles. The third-order valence-corrected chi connectivity index (χ3v) is 2.85. The summed E-state index contributed by atoms with van der Waals surface area (Å²) in [6.07, 6.45) is 0. The molecule has 1 aromatic carbocycles. The zero-order valence-electron chi connectivity index (χ0n) is 11.5. The summed E-state index contributed by atoms with van der Waals surface area (Å²) in [6, 6.07) is 5.06. The Hall–Kier alpha value is -2.24. The molecule has 0 unspecified atom stereocenters. The van der Waals surface area contributed by atoms with Crippen molar-refractivity contribution in [3.63, 3.8) is 0 Å². The average molecular weight is 264 g/mol. The zero-order valence-corrected chi connectivity index (χ0v) is 11.5. The number of rotatable bonds is 5. The molecular formula is C13H20N4O2. The Balaban J connectivity index is 2.99. The molecule has 0 spiro atoms. The molecule has 0 aliphatic carbocycles. The first-order valence-corrected chi connectivity index (χ1v) is 6.10. The number of nitrogens with zero attached hydrogens (tertiary/aromatic N) is 1. The minimum Gasteiger partial charge on any atom is -0.397 e. The topological polar surface area (TPSA) is 87.5 Å². The molecular weight excluding hydrogens is 244 g/mol. The fourth-order valence-corrected chi connectivity index (χ4v) is 1.75. The number of nitrogens with two attached hydrogens (primary N) is 1. The van der Waals surface area contributed by atoms with Crippen molar-refractivity contribution in [1.82, 2.24) is 10.6 Å². The number of hydrogen-bond acceptors (Lipinski definition) is 4. The molecule has 0 fully saturated rings. The predicted octanol–water partition coefficient (Wildman–Crippen LogP) is 0.201. The van der Waals surface area contributed by atoms with Crippen LogP contribution in [0.4, 0.5) is 11.4 Å². The number of benzene rings is 1. The van der Waals surface area contributed by atoms with Gasteiger partial charge < -0.3 is 21.3 Å². The van der Waals surface area contributed by atoms with Crippen molar-refractivity contribution >= 4 is 23.2 Å². The quantitative estimate of drug-likeness (QED) is 0.663. The standard InChI is InChI=1S/C13H20N4O2/c1-4-17(8-12(18)15-2)11-6-5-9(7-10(11)14)13(19)16-3/h5-7H,4,8,14H2,1-3H3,(H,15,18)(H,16,19). The molecule has 6 nitrogen and oxygen atoms in total. The molecule has 104 valence electrons. The maximum atomic E-state index is 11.5. The first-order valence-electron chi connectivity index (χ1n) is 6.10. The lowest BCUT2D eigenvalue weighted by Gasteiger charge is -2.24. The van der Waals surface area contributed by atoms with Gasteiger partial charge in [0.15, 0.2) is 0 Å². The number of amides is 2. The minimum absolute atomic E-state index is 0.0865. The summed E-state index contributed by atoms with van der Waals surface area (Å²) in [5.74, 6) is -0.274. The summed E-state index contributed by atoms with van der Waals surface area (Å²) in [5, 5.41) is 5.11. The Morgan fingerprint density at radius 2 is 1.95 bits per heavy atom. The monoisotopic (exact) mass is 264 g/mol. The molecule has 2 amide bonds. The molecule has 0 aromatic heterocycles. The fraction of sp³-hybridized carbons (Fsp3) is 0.385. The molecule has 19 heavy (non-hydrogen) atoms. The number of likely N-dealkylation sites (N-methyl/N-ethyl adjacent to an activating group) is 2. The molecule has 6 heteroatoms. The smallest absolute Gasteiger partial charge is 0.251 e. The summed E-state index contributed by atoms with van der Waals surface area (Å²) in [6.45, 7) is 2.82. The van der Waals surface area contributed by atoms with Crippen LogP contribution in [0, 0.1) is 0 Å². The lowest BCUT2D eigenvalue weighted by Crippen LogP contribution is -2.36. The molecule has 0 bridgehead atoms. The van der Waals surface area contributed by atoms with Gasteiger partial charge in [-0.05, 0) is 25.1 Å². The van der Waals surface area contributed by atoms with Crippen LogP contribution in [0.25, 0.3) is 0 Å². The van der Waals surface area contributed by atoms with Crippen molar-refractivity contribution in [2.45, 2.75) is 6.92 Å². The largest absolute Gasteiger partial charge is 0.397 e. The third-order valence-electron chi connectivity index (χ3n) is 2.85. The predicted molar refractivity (Wildman–Crippen MR) is 76.2 cm³/mol. The van der Waals surface area contributed by atoms with Crippen LogP contribution in [0.1, 0.15) is 17.3 Å². The lowest BCUT2D eigenvalue weighted by atomic mass is 10.1. The second-order valence-electron chi connectivity index (χ2n) is 4.04. The van der Waals surface area contributed by atoms with Crippen molar-refractivity contribution in [3.05, 3.63) is 23.8 Å². The van der Waals surface area contributed by atoms with Gasteiger partial charge in [0.05, 0.1) is 17.9 Å². The summed E-state index contributed by atoms with van der Waals surface area (Å²) >= 11 is 0. The van der Waals surface area contributed by atoms with Crippen LogP contribution in [0.15, 0.2) is 18.2 Å². The zero-order chi connectivity index (χ0) is 14.4. The van der Waals surface area contributed by atoms with Crippen LogP contribution >= 0.6 is 0 Å². The van der Waals surface area contributed by atoms with Gasteiger partial charge in [0.1, 0.15) is 0 Å². The van der Waals surface area contributed by atoms with E-state index >= 15 is 0 Å². The Morgan fingerprint density at radius 1 is 1.26 bits per heavy atom. The average Bonchev–Trinajstić information content (AvgIpc) is 2.43. The van der Waals surface area contributed by atoms with Gasteiger partial charge in [-0.3, -0.25) is 9.59 Å². The summed E-state index contributed by atoms with van der Waals surface area (Å²) in [7, 11) is 3.16. The number of anilines is 2. The minimum atomic E-state index is -0.187. The van der Waals surface area contributed by atoms with Crippen LogP contribution in [0.2, 0.25) is 0 Å².